The van der Waals surface area contributed by atoms with E-state index in [4.69, 9.17) is 27.9 Å². The molecule has 2 N–H and O–H groups in total. The number of anilines is 1. The summed E-state index contributed by atoms with van der Waals surface area (Å²) in [6.07, 6.45) is 0. The van der Waals surface area contributed by atoms with Crippen LogP contribution < -0.4 is 10.1 Å². The first-order valence-electron chi connectivity index (χ1n) is 5.65. The molecule has 0 amide bonds. The fourth-order valence-corrected chi connectivity index (χ4v) is 2.06. The highest BCUT2D eigenvalue weighted by Gasteiger charge is 2.04. The van der Waals surface area contributed by atoms with E-state index in [9.17, 15) is 5.11 Å². The van der Waals surface area contributed by atoms with E-state index in [2.05, 4.69) is 5.32 Å². The molecular weight excluding hydrogens is 285 g/mol. The summed E-state index contributed by atoms with van der Waals surface area (Å²) in [7, 11) is 1.51. The molecule has 5 heteroatoms. The van der Waals surface area contributed by atoms with Gasteiger partial charge in [-0.3, -0.25) is 0 Å². The van der Waals surface area contributed by atoms with Gasteiger partial charge in [0.25, 0.3) is 0 Å². The first-order chi connectivity index (χ1) is 9.10. The fourth-order valence-electron chi connectivity index (χ4n) is 1.68. The molecule has 2 aromatic carbocycles. The number of benzene rings is 2. The molecule has 2 rings (SSSR count). The van der Waals surface area contributed by atoms with Gasteiger partial charge in [0.05, 0.1) is 7.11 Å². The van der Waals surface area contributed by atoms with Crippen molar-refractivity contribution in [2.45, 2.75) is 6.54 Å². The van der Waals surface area contributed by atoms with E-state index < -0.39 is 0 Å². The number of phenols is 1. The quantitative estimate of drug-likeness (QED) is 0.883. The number of methoxy groups -OCH3 is 1. The van der Waals surface area contributed by atoms with Gasteiger partial charge in [-0.1, -0.05) is 23.2 Å². The Morgan fingerprint density at radius 3 is 2.63 bits per heavy atom. The molecule has 0 radical (unpaired) electrons. The van der Waals surface area contributed by atoms with E-state index in [0.717, 1.165) is 11.3 Å². The van der Waals surface area contributed by atoms with Crippen molar-refractivity contribution in [3.05, 3.63) is 52.0 Å². The Morgan fingerprint density at radius 1 is 1.16 bits per heavy atom. The molecule has 2 aromatic rings. The largest absolute Gasteiger partial charge is 0.504 e. The summed E-state index contributed by atoms with van der Waals surface area (Å²) in [4.78, 5) is 0. The van der Waals surface area contributed by atoms with E-state index in [1.165, 1.54) is 7.11 Å². The summed E-state index contributed by atoms with van der Waals surface area (Å²) in [6, 6.07) is 10.4. The van der Waals surface area contributed by atoms with Crippen LogP contribution in [-0.4, -0.2) is 12.2 Å². The maximum atomic E-state index is 9.68. The summed E-state index contributed by atoms with van der Waals surface area (Å²) in [5, 5.41) is 14.1. The zero-order valence-electron chi connectivity index (χ0n) is 10.3. The fraction of sp³-hybridized carbons (Fsp3) is 0.143. The lowest BCUT2D eigenvalue weighted by atomic mass is 10.2. The minimum Gasteiger partial charge on any atom is -0.504 e. The van der Waals surface area contributed by atoms with Crippen LogP contribution in [0, 0.1) is 0 Å². The van der Waals surface area contributed by atoms with Crippen LogP contribution in [0.4, 0.5) is 5.69 Å². The molecule has 19 heavy (non-hydrogen) atoms. The highest BCUT2D eigenvalue weighted by molar-refractivity contribution is 6.33. The van der Waals surface area contributed by atoms with E-state index in [0.29, 0.717) is 22.3 Å². The van der Waals surface area contributed by atoms with Crippen LogP contribution in [0.15, 0.2) is 36.4 Å². The van der Waals surface area contributed by atoms with Crippen LogP contribution in [0.3, 0.4) is 0 Å². The van der Waals surface area contributed by atoms with Crippen molar-refractivity contribution < 1.29 is 9.84 Å². The summed E-state index contributed by atoms with van der Waals surface area (Å²) in [5.74, 6) is 0.524. The summed E-state index contributed by atoms with van der Waals surface area (Å²) in [6.45, 7) is 0.519. The van der Waals surface area contributed by atoms with Crippen molar-refractivity contribution in [2.24, 2.45) is 0 Å². The van der Waals surface area contributed by atoms with Crippen LogP contribution in [0.5, 0.6) is 11.5 Å². The molecule has 3 nitrogen and oxygen atoms in total. The SMILES string of the molecule is COc1ccc(NCc2cc(Cl)ccc2Cl)cc1O. The zero-order chi connectivity index (χ0) is 13.8. The second kappa shape index (κ2) is 6.04. The minimum atomic E-state index is 0.0877. The number of hydrogen-bond donors (Lipinski definition) is 2. The van der Waals surface area contributed by atoms with Crippen LogP contribution in [0.1, 0.15) is 5.56 Å². The van der Waals surface area contributed by atoms with Gasteiger partial charge in [0.1, 0.15) is 0 Å². The Morgan fingerprint density at radius 2 is 1.95 bits per heavy atom. The molecule has 0 aliphatic heterocycles. The third-order valence-electron chi connectivity index (χ3n) is 2.67. The maximum Gasteiger partial charge on any atom is 0.160 e. The van der Waals surface area contributed by atoms with Gasteiger partial charge in [0.15, 0.2) is 11.5 Å². The lowest BCUT2D eigenvalue weighted by Gasteiger charge is -2.10. The molecule has 0 aromatic heterocycles. The lowest BCUT2D eigenvalue weighted by Crippen LogP contribution is -2.00. The van der Waals surface area contributed by atoms with Gasteiger partial charge in [0, 0.05) is 28.3 Å². The second-order valence-corrected chi connectivity index (χ2v) is 4.82. The van der Waals surface area contributed by atoms with Crippen molar-refractivity contribution in [3.8, 4) is 11.5 Å². The van der Waals surface area contributed by atoms with Crippen LogP contribution in [0.2, 0.25) is 10.0 Å². The first kappa shape index (κ1) is 13.8. The molecule has 0 aliphatic carbocycles. The van der Waals surface area contributed by atoms with Gasteiger partial charge in [-0.2, -0.15) is 0 Å². The number of phenolic OH excluding ortho intramolecular Hbond substituents is 1. The Hall–Kier alpha value is -1.58. The van der Waals surface area contributed by atoms with E-state index in [-0.39, 0.29) is 5.75 Å². The summed E-state index contributed by atoms with van der Waals surface area (Å²) < 4.78 is 4.98. The maximum absolute atomic E-state index is 9.68. The van der Waals surface area contributed by atoms with Crippen molar-refractivity contribution in [1.29, 1.82) is 0 Å². The minimum absolute atomic E-state index is 0.0877. The second-order valence-electron chi connectivity index (χ2n) is 3.98. The molecule has 0 atom stereocenters. The average Bonchev–Trinajstić information content (AvgIpc) is 2.40. The number of rotatable bonds is 4. The van der Waals surface area contributed by atoms with Gasteiger partial charge in [0.2, 0.25) is 0 Å². The predicted octanol–water partition coefficient (Wildman–Crippen LogP) is 4.32. The summed E-state index contributed by atoms with van der Waals surface area (Å²) >= 11 is 12.0. The Kier molecular flexibility index (Phi) is 4.40. The van der Waals surface area contributed by atoms with Crippen molar-refractivity contribution in [3.63, 3.8) is 0 Å². The first-order valence-corrected chi connectivity index (χ1v) is 6.40. The molecule has 0 bridgehead atoms. The van der Waals surface area contributed by atoms with Gasteiger partial charge in [-0.25, -0.2) is 0 Å². The molecule has 0 fully saturated rings. The molecule has 0 saturated carbocycles. The predicted molar refractivity (Wildman–Crippen MR) is 78.4 cm³/mol. The number of ether oxygens (including phenoxy) is 1. The molecule has 0 spiro atoms. The highest BCUT2D eigenvalue weighted by Crippen LogP contribution is 2.29. The number of halogens is 2. The third-order valence-corrected chi connectivity index (χ3v) is 3.27. The van der Waals surface area contributed by atoms with Crippen LogP contribution >= 0.6 is 23.2 Å². The Labute approximate surface area is 121 Å². The third kappa shape index (κ3) is 3.46. The van der Waals surface area contributed by atoms with Gasteiger partial charge >= 0.3 is 0 Å². The van der Waals surface area contributed by atoms with Crippen molar-refractivity contribution >= 4 is 28.9 Å². The molecule has 0 unspecified atom stereocenters. The van der Waals surface area contributed by atoms with Gasteiger partial charge < -0.3 is 15.2 Å². The van der Waals surface area contributed by atoms with Crippen LogP contribution in [0.25, 0.3) is 0 Å². The number of aromatic hydroxyl groups is 1. The lowest BCUT2D eigenvalue weighted by molar-refractivity contribution is 0.373. The zero-order valence-corrected chi connectivity index (χ0v) is 11.8. The van der Waals surface area contributed by atoms with E-state index in [1.54, 1.807) is 30.3 Å². The topological polar surface area (TPSA) is 41.5 Å². The molecular formula is C14H13Cl2NO2. The number of hydrogen-bond acceptors (Lipinski definition) is 3. The highest BCUT2D eigenvalue weighted by atomic mass is 35.5. The smallest absolute Gasteiger partial charge is 0.160 e. The number of nitrogens with one attached hydrogen (secondary N) is 1. The van der Waals surface area contributed by atoms with Crippen molar-refractivity contribution in [2.75, 3.05) is 12.4 Å². The Bertz CT molecular complexity index is 588. The van der Waals surface area contributed by atoms with E-state index in [1.807, 2.05) is 6.07 Å². The molecule has 0 aliphatic rings. The standard InChI is InChI=1S/C14H13Cl2NO2/c1-19-14-5-3-11(7-13(14)18)17-8-9-6-10(15)2-4-12(9)16/h2-7,17-18H,8H2,1H3. The molecule has 0 heterocycles. The average molecular weight is 298 g/mol. The molecule has 0 saturated heterocycles. The van der Waals surface area contributed by atoms with E-state index >= 15 is 0 Å². The molecule has 100 valence electrons. The normalized spacial score (nSPS) is 10.3. The van der Waals surface area contributed by atoms with Gasteiger partial charge in [-0.05, 0) is 35.9 Å². The monoisotopic (exact) mass is 297 g/mol. The Balaban J connectivity index is 2.10. The van der Waals surface area contributed by atoms with Crippen molar-refractivity contribution in [1.82, 2.24) is 0 Å². The van der Waals surface area contributed by atoms with Gasteiger partial charge in [-0.15, -0.1) is 0 Å². The van der Waals surface area contributed by atoms with Crippen LogP contribution in [-0.2, 0) is 6.54 Å². The summed E-state index contributed by atoms with van der Waals surface area (Å²) in [5.41, 5.74) is 1.67.